The molecule has 0 saturated carbocycles. The molecule has 110 valence electrons. The Bertz CT molecular complexity index is 484. The molecule has 20 heavy (non-hydrogen) atoms. The lowest BCUT2D eigenvalue weighted by atomic mass is 9.87. The van der Waals surface area contributed by atoms with E-state index in [1.165, 1.54) is 12.1 Å². The van der Waals surface area contributed by atoms with Gasteiger partial charge in [0, 0.05) is 19.5 Å². The summed E-state index contributed by atoms with van der Waals surface area (Å²) in [6.07, 6.45) is -5.10. The average Bonchev–Trinajstić information content (AvgIpc) is 2.40. The number of piperidine rings is 1. The SMILES string of the molecule is CN1CCC(=O)C(C(O)c2ccc(C(F)(F)F)cc2)C1. The standard InChI is InChI=1S/C14H16F3NO2/c1-18-7-6-12(19)11(8-18)13(20)9-2-4-10(5-3-9)14(15,16)17/h2-5,11,13,20H,6-8H2,1H3. The Kier molecular flexibility index (Phi) is 4.15. The van der Waals surface area contributed by atoms with Crippen molar-refractivity contribution < 1.29 is 23.1 Å². The number of carbonyl (C=O) groups excluding carboxylic acids is 1. The molecule has 2 unspecified atom stereocenters. The molecule has 0 aromatic heterocycles. The molecule has 0 radical (unpaired) electrons. The lowest BCUT2D eigenvalue weighted by Crippen LogP contribution is -2.41. The van der Waals surface area contributed by atoms with Gasteiger partial charge in [-0.15, -0.1) is 0 Å². The first kappa shape index (κ1) is 15.0. The van der Waals surface area contributed by atoms with Gasteiger partial charge in [-0.3, -0.25) is 4.79 Å². The summed E-state index contributed by atoms with van der Waals surface area (Å²) in [6, 6.07) is 4.32. The van der Waals surface area contributed by atoms with E-state index in [1.807, 2.05) is 11.9 Å². The predicted molar refractivity (Wildman–Crippen MR) is 67.0 cm³/mol. The second kappa shape index (κ2) is 5.54. The smallest absolute Gasteiger partial charge is 0.388 e. The summed E-state index contributed by atoms with van der Waals surface area (Å²) in [4.78, 5) is 13.7. The van der Waals surface area contributed by atoms with Crippen LogP contribution in [0.4, 0.5) is 13.2 Å². The molecule has 2 rings (SSSR count). The minimum atomic E-state index is -4.40. The maximum absolute atomic E-state index is 12.5. The topological polar surface area (TPSA) is 40.5 Å². The maximum Gasteiger partial charge on any atom is 0.416 e. The molecule has 1 fully saturated rings. The molecule has 1 aliphatic heterocycles. The minimum absolute atomic E-state index is 0.0458. The van der Waals surface area contributed by atoms with Crippen LogP contribution in [0, 0.1) is 5.92 Å². The fraction of sp³-hybridized carbons (Fsp3) is 0.500. The van der Waals surface area contributed by atoms with Gasteiger partial charge in [0.15, 0.2) is 0 Å². The molecule has 2 atom stereocenters. The fourth-order valence-corrected chi connectivity index (χ4v) is 2.39. The maximum atomic E-state index is 12.5. The molecule has 1 saturated heterocycles. The summed E-state index contributed by atoms with van der Waals surface area (Å²) in [5, 5.41) is 10.2. The third-order valence-electron chi connectivity index (χ3n) is 3.62. The van der Waals surface area contributed by atoms with E-state index in [0.29, 0.717) is 25.1 Å². The van der Waals surface area contributed by atoms with E-state index < -0.39 is 23.8 Å². The molecule has 0 amide bonds. The predicted octanol–water partition coefficient (Wildman–Crippen LogP) is 2.26. The highest BCUT2D eigenvalue weighted by atomic mass is 19.4. The quantitative estimate of drug-likeness (QED) is 0.907. The summed E-state index contributed by atoms with van der Waals surface area (Å²) in [7, 11) is 1.85. The Morgan fingerprint density at radius 3 is 2.45 bits per heavy atom. The Hall–Kier alpha value is -1.40. The van der Waals surface area contributed by atoms with Crippen molar-refractivity contribution in [2.45, 2.75) is 18.7 Å². The first-order valence-electron chi connectivity index (χ1n) is 6.35. The zero-order valence-electron chi connectivity index (χ0n) is 11.0. The largest absolute Gasteiger partial charge is 0.416 e. The Morgan fingerprint density at radius 2 is 1.90 bits per heavy atom. The summed E-state index contributed by atoms with van der Waals surface area (Å²) >= 11 is 0. The first-order chi connectivity index (χ1) is 9.29. The van der Waals surface area contributed by atoms with Crippen LogP contribution in [0.25, 0.3) is 0 Å². The number of benzene rings is 1. The molecule has 1 aromatic carbocycles. The molecule has 0 spiro atoms. The highest BCUT2D eigenvalue weighted by Gasteiger charge is 2.33. The van der Waals surface area contributed by atoms with Gasteiger partial charge in [-0.25, -0.2) is 0 Å². The zero-order chi connectivity index (χ0) is 14.9. The van der Waals surface area contributed by atoms with Crippen LogP contribution in [-0.2, 0) is 11.0 Å². The van der Waals surface area contributed by atoms with Crippen molar-refractivity contribution >= 4 is 5.78 Å². The highest BCUT2D eigenvalue weighted by Crippen LogP contribution is 2.32. The lowest BCUT2D eigenvalue weighted by molar-refractivity contribution is -0.137. The third-order valence-corrected chi connectivity index (χ3v) is 3.62. The number of ketones is 1. The van der Waals surface area contributed by atoms with Crippen LogP contribution in [0.5, 0.6) is 0 Å². The van der Waals surface area contributed by atoms with Crippen LogP contribution in [0.3, 0.4) is 0 Å². The fourth-order valence-electron chi connectivity index (χ4n) is 2.39. The molecule has 6 heteroatoms. The number of rotatable bonds is 2. The number of likely N-dealkylation sites (tertiary alicyclic amines) is 1. The monoisotopic (exact) mass is 287 g/mol. The third kappa shape index (κ3) is 3.19. The van der Waals surface area contributed by atoms with Gasteiger partial charge in [-0.1, -0.05) is 12.1 Å². The van der Waals surface area contributed by atoms with Crippen molar-refractivity contribution in [3.63, 3.8) is 0 Å². The second-order valence-corrected chi connectivity index (χ2v) is 5.15. The van der Waals surface area contributed by atoms with Crippen LogP contribution in [0.1, 0.15) is 23.7 Å². The Balaban J connectivity index is 2.16. The number of hydrogen-bond donors (Lipinski definition) is 1. The molecule has 1 N–H and O–H groups in total. The van der Waals surface area contributed by atoms with E-state index in [-0.39, 0.29) is 5.78 Å². The van der Waals surface area contributed by atoms with Crippen LogP contribution < -0.4 is 0 Å². The number of Topliss-reactive ketones (excluding diaryl/α,β-unsaturated/α-hetero) is 1. The summed E-state index contributed by atoms with van der Waals surface area (Å²) in [5.74, 6) is -0.624. The van der Waals surface area contributed by atoms with Gasteiger partial charge in [0.2, 0.25) is 0 Å². The summed E-state index contributed by atoms with van der Waals surface area (Å²) < 4.78 is 37.4. The molecule has 1 aliphatic rings. The van der Waals surface area contributed by atoms with Crippen molar-refractivity contribution in [3.05, 3.63) is 35.4 Å². The summed E-state index contributed by atoms with van der Waals surface area (Å²) in [5.41, 5.74) is -0.424. The van der Waals surface area contributed by atoms with Crippen molar-refractivity contribution in [3.8, 4) is 0 Å². The van der Waals surface area contributed by atoms with Gasteiger partial charge in [-0.2, -0.15) is 13.2 Å². The van der Waals surface area contributed by atoms with E-state index in [4.69, 9.17) is 0 Å². The number of alkyl halides is 3. The zero-order valence-corrected chi connectivity index (χ0v) is 11.0. The first-order valence-corrected chi connectivity index (χ1v) is 6.35. The Labute approximate surface area is 115 Å². The van der Waals surface area contributed by atoms with Crippen molar-refractivity contribution in [1.82, 2.24) is 4.90 Å². The van der Waals surface area contributed by atoms with Crippen LogP contribution >= 0.6 is 0 Å². The summed E-state index contributed by atoms with van der Waals surface area (Å²) in [6.45, 7) is 1.07. The molecular formula is C14H16F3NO2. The van der Waals surface area contributed by atoms with E-state index in [1.54, 1.807) is 0 Å². The van der Waals surface area contributed by atoms with Gasteiger partial charge in [0.05, 0.1) is 17.6 Å². The van der Waals surface area contributed by atoms with Gasteiger partial charge in [-0.05, 0) is 24.7 Å². The number of carbonyl (C=O) groups is 1. The molecule has 0 bridgehead atoms. The normalized spacial score (nSPS) is 22.9. The van der Waals surface area contributed by atoms with Gasteiger partial charge < -0.3 is 10.0 Å². The van der Waals surface area contributed by atoms with Gasteiger partial charge in [0.1, 0.15) is 5.78 Å². The van der Waals surface area contributed by atoms with E-state index >= 15 is 0 Å². The van der Waals surface area contributed by atoms with Crippen LogP contribution in [0.2, 0.25) is 0 Å². The van der Waals surface area contributed by atoms with Crippen molar-refractivity contribution in [2.24, 2.45) is 5.92 Å². The number of aliphatic hydroxyl groups is 1. The molecular weight excluding hydrogens is 271 g/mol. The van der Waals surface area contributed by atoms with E-state index in [2.05, 4.69) is 0 Å². The molecule has 1 aromatic rings. The van der Waals surface area contributed by atoms with Crippen molar-refractivity contribution in [2.75, 3.05) is 20.1 Å². The number of aliphatic hydroxyl groups excluding tert-OH is 1. The van der Waals surface area contributed by atoms with Gasteiger partial charge in [0.25, 0.3) is 0 Å². The number of halogens is 3. The van der Waals surface area contributed by atoms with Crippen LogP contribution in [0.15, 0.2) is 24.3 Å². The van der Waals surface area contributed by atoms with E-state index in [0.717, 1.165) is 12.1 Å². The Morgan fingerprint density at radius 1 is 1.30 bits per heavy atom. The second-order valence-electron chi connectivity index (χ2n) is 5.15. The minimum Gasteiger partial charge on any atom is -0.388 e. The van der Waals surface area contributed by atoms with Crippen LogP contribution in [-0.4, -0.2) is 35.9 Å². The number of hydrogen-bond acceptors (Lipinski definition) is 3. The molecule has 0 aliphatic carbocycles. The van der Waals surface area contributed by atoms with Crippen molar-refractivity contribution in [1.29, 1.82) is 0 Å². The average molecular weight is 287 g/mol. The molecule has 3 nitrogen and oxygen atoms in total. The highest BCUT2D eigenvalue weighted by molar-refractivity contribution is 5.82. The number of nitrogens with zero attached hydrogens (tertiary/aromatic N) is 1. The molecule has 1 heterocycles. The van der Waals surface area contributed by atoms with E-state index in [9.17, 15) is 23.1 Å². The van der Waals surface area contributed by atoms with Gasteiger partial charge >= 0.3 is 6.18 Å². The lowest BCUT2D eigenvalue weighted by Gasteiger charge is -2.31.